The van der Waals surface area contributed by atoms with Crippen molar-refractivity contribution in [1.82, 2.24) is 14.9 Å². The normalized spacial score (nSPS) is 13.1. The average Bonchev–Trinajstić information content (AvgIpc) is 2.98. The third kappa shape index (κ3) is 11.0. The number of hydrogen-bond acceptors (Lipinski definition) is 6. The van der Waals surface area contributed by atoms with Crippen molar-refractivity contribution in [2.75, 3.05) is 26.0 Å². The molecule has 4 N–H and O–H groups in total. The number of carbonyl (C=O) groups excluding carboxylic acids is 2. The van der Waals surface area contributed by atoms with Crippen LogP contribution in [0.3, 0.4) is 0 Å². The lowest BCUT2D eigenvalue weighted by Gasteiger charge is -2.31. The van der Waals surface area contributed by atoms with Crippen LogP contribution in [0.5, 0.6) is 5.75 Å². The number of alkyl halides is 3. The summed E-state index contributed by atoms with van der Waals surface area (Å²) in [5, 5.41) is 2.75. The zero-order chi connectivity index (χ0) is 32.3. The van der Waals surface area contributed by atoms with E-state index in [0.29, 0.717) is 34.9 Å². The van der Waals surface area contributed by atoms with E-state index in [-0.39, 0.29) is 13.0 Å². The molecule has 0 unspecified atom stereocenters. The Balaban J connectivity index is 1.90. The van der Waals surface area contributed by atoms with Crippen molar-refractivity contribution in [2.45, 2.75) is 44.6 Å². The Labute approximate surface area is 255 Å². The van der Waals surface area contributed by atoms with E-state index < -0.39 is 53.1 Å². The van der Waals surface area contributed by atoms with Gasteiger partial charge in [0.15, 0.2) is 0 Å². The zero-order valence-electron chi connectivity index (χ0n) is 24.5. The van der Waals surface area contributed by atoms with Gasteiger partial charge in [-0.1, -0.05) is 66.7 Å². The lowest BCUT2D eigenvalue weighted by molar-refractivity contribution is -0.186. The summed E-state index contributed by atoms with van der Waals surface area (Å²) in [4.78, 5) is 26.7. The summed E-state index contributed by atoms with van der Waals surface area (Å²) >= 11 is 0. The maximum atomic E-state index is 13.9. The number of ether oxygens (including phenoxy) is 1. The topological polar surface area (TPSA) is 131 Å². The fourth-order valence-corrected chi connectivity index (χ4v) is 5.42. The van der Waals surface area contributed by atoms with Gasteiger partial charge in [-0.05, 0) is 47.7 Å². The molecule has 13 heteroatoms. The summed E-state index contributed by atoms with van der Waals surface area (Å²) in [5.41, 5.74) is 8.27. The highest BCUT2D eigenvalue weighted by molar-refractivity contribution is 7.88. The number of carbonyl (C=O) groups is 2. The van der Waals surface area contributed by atoms with Crippen LogP contribution >= 0.6 is 0 Å². The second-order valence-corrected chi connectivity index (χ2v) is 12.1. The molecule has 2 atom stereocenters. The van der Waals surface area contributed by atoms with Crippen LogP contribution in [0.15, 0.2) is 78.9 Å². The van der Waals surface area contributed by atoms with Gasteiger partial charge >= 0.3 is 12.1 Å². The third-order valence-electron chi connectivity index (χ3n) is 6.71. The van der Waals surface area contributed by atoms with Gasteiger partial charge in [-0.15, -0.1) is 0 Å². The van der Waals surface area contributed by atoms with Crippen molar-refractivity contribution in [1.29, 1.82) is 0 Å². The molecule has 44 heavy (non-hydrogen) atoms. The maximum Gasteiger partial charge on any atom is 0.471 e. The Kier molecular flexibility index (Phi) is 12.3. The summed E-state index contributed by atoms with van der Waals surface area (Å²) in [5.74, 6) is -3.39. The molecule has 3 aromatic rings. The number of hydrogen-bond donors (Lipinski definition) is 3. The fourth-order valence-electron chi connectivity index (χ4n) is 4.66. The fraction of sp³-hybridized carbons (Fsp3) is 0.355. The minimum Gasteiger partial charge on any atom is -0.494 e. The summed E-state index contributed by atoms with van der Waals surface area (Å²) in [7, 11) is -3.89. The SMILES string of the molecule is CCOc1ccc(C[C@H](CN(C[C@H](C(=O)NCc2ccc(CN)cc2)c2ccccc2)C(=O)C(F)(F)F)NS(C)(=O)=O)cc1. The van der Waals surface area contributed by atoms with Crippen LogP contribution < -0.4 is 20.5 Å². The largest absolute Gasteiger partial charge is 0.494 e. The molecule has 0 aliphatic carbocycles. The van der Waals surface area contributed by atoms with Gasteiger partial charge in [-0.25, -0.2) is 13.1 Å². The molecule has 0 bridgehead atoms. The van der Waals surface area contributed by atoms with E-state index in [0.717, 1.165) is 17.4 Å². The van der Waals surface area contributed by atoms with Crippen molar-refractivity contribution in [3.05, 3.63) is 101 Å². The van der Waals surface area contributed by atoms with Gasteiger partial charge in [0, 0.05) is 32.2 Å². The van der Waals surface area contributed by atoms with E-state index in [1.54, 1.807) is 78.9 Å². The second kappa shape index (κ2) is 15.7. The van der Waals surface area contributed by atoms with E-state index in [4.69, 9.17) is 10.5 Å². The monoisotopic (exact) mass is 634 g/mol. The molecule has 0 radical (unpaired) electrons. The molecule has 0 aliphatic rings. The van der Waals surface area contributed by atoms with E-state index in [1.807, 2.05) is 6.92 Å². The summed E-state index contributed by atoms with van der Waals surface area (Å²) < 4.78 is 73.8. The van der Waals surface area contributed by atoms with Crippen molar-refractivity contribution in [3.8, 4) is 5.75 Å². The maximum absolute atomic E-state index is 13.9. The lowest BCUT2D eigenvalue weighted by Crippen LogP contribution is -2.52. The number of amides is 2. The first-order chi connectivity index (χ1) is 20.8. The van der Waals surface area contributed by atoms with Gasteiger partial charge in [0.05, 0.1) is 18.8 Å². The van der Waals surface area contributed by atoms with E-state index in [1.165, 1.54) is 0 Å². The molecule has 238 valence electrons. The predicted octanol–water partition coefficient (Wildman–Crippen LogP) is 3.50. The number of nitrogens with one attached hydrogen (secondary N) is 2. The van der Waals surface area contributed by atoms with E-state index in [2.05, 4.69) is 10.0 Å². The molecule has 9 nitrogen and oxygen atoms in total. The van der Waals surface area contributed by atoms with Crippen LogP contribution in [0.4, 0.5) is 13.2 Å². The number of benzene rings is 3. The number of nitrogens with zero attached hydrogens (tertiary/aromatic N) is 1. The number of nitrogens with two attached hydrogens (primary N) is 1. The molecule has 0 saturated carbocycles. The Morgan fingerprint density at radius 1 is 0.909 bits per heavy atom. The summed E-state index contributed by atoms with van der Waals surface area (Å²) in [6, 6.07) is 20.8. The van der Waals surface area contributed by atoms with E-state index in [9.17, 15) is 31.2 Å². The first-order valence-electron chi connectivity index (χ1n) is 13.9. The van der Waals surface area contributed by atoms with Crippen LogP contribution in [0.2, 0.25) is 0 Å². The third-order valence-corrected chi connectivity index (χ3v) is 7.48. The van der Waals surface area contributed by atoms with Crippen molar-refractivity contribution in [2.24, 2.45) is 5.73 Å². The minimum absolute atomic E-state index is 0.0257. The zero-order valence-corrected chi connectivity index (χ0v) is 25.3. The molecule has 0 spiro atoms. The van der Waals surface area contributed by atoms with E-state index >= 15 is 0 Å². The first kappa shape index (κ1) is 34.5. The molecule has 0 fully saturated rings. The Morgan fingerprint density at radius 2 is 1.50 bits per heavy atom. The standard InChI is InChI=1S/C31H37F3N4O5S/c1-3-43-27-15-13-22(14-16-27)17-26(37-44(2,41)42)20-38(30(40)31(32,33)34)21-28(25-7-5-4-6-8-25)29(39)36-19-24-11-9-23(18-35)10-12-24/h4-16,26,28,37H,3,17-21,35H2,1-2H3,(H,36,39)/t26-,28+/m1/s1. The van der Waals surface area contributed by atoms with Crippen LogP contribution in [-0.2, 0) is 39.1 Å². The molecule has 2 amide bonds. The first-order valence-corrected chi connectivity index (χ1v) is 15.8. The van der Waals surface area contributed by atoms with Crippen LogP contribution in [0.25, 0.3) is 0 Å². The molecule has 3 rings (SSSR count). The van der Waals surface area contributed by atoms with Gasteiger partial charge in [0.1, 0.15) is 5.75 Å². The molecular formula is C31H37F3N4O5S. The molecule has 0 aromatic heterocycles. The Bertz CT molecular complexity index is 1470. The highest BCUT2D eigenvalue weighted by atomic mass is 32.2. The van der Waals surface area contributed by atoms with Gasteiger partial charge in [-0.3, -0.25) is 9.59 Å². The molecule has 3 aromatic carbocycles. The quantitative estimate of drug-likeness (QED) is 0.235. The number of halogens is 3. The summed E-state index contributed by atoms with van der Waals surface area (Å²) in [6.45, 7) is 1.40. The molecule has 0 heterocycles. The van der Waals surface area contributed by atoms with Crippen LogP contribution in [-0.4, -0.2) is 63.3 Å². The van der Waals surface area contributed by atoms with Gasteiger partial charge in [-0.2, -0.15) is 13.2 Å². The molecule has 0 aliphatic heterocycles. The van der Waals surface area contributed by atoms with Crippen molar-refractivity contribution < 1.29 is 35.9 Å². The van der Waals surface area contributed by atoms with Crippen molar-refractivity contribution in [3.63, 3.8) is 0 Å². The van der Waals surface area contributed by atoms with Gasteiger partial charge in [0.2, 0.25) is 15.9 Å². The van der Waals surface area contributed by atoms with Gasteiger partial charge < -0.3 is 20.7 Å². The average molecular weight is 635 g/mol. The lowest BCUT2D eigenvalue weighted by atomic mass is 9.96. The number of rotatable bonds is 15. The highest BCUT2D eigenvalue weighted by Crippen LogP contribution is 2.24. The van der Waals surface area contributed by atoms with Crippen molar-refractivity contribution >= 4 is 21.8 Å². The minimum atomic E-state index is -5.27. The Morgan fingerprint density at radius 3 is 2.05 bits per heavy atom. The Hall–Kier alpha value is -3.94. The second-order valence-electron chi connectivity index (χ2n) is 10.3. The molecule has 0 saturated heterocycles. The van der Waals surface area contributed by atoms with Gasteiger partial charge in [0.25, 0.3) is 0 Å². The summed E-state index contributed by atoms with van der Waals surface area (Å²) in [6.07, 6.45) is -4.41. The predicted molar refractivity (Wildman–Crippen MR) is 161 cm³/mol. The molecular weight excluding hydrogens is 597 g/mol. The highest BCUT2D eigenvalue weighted by Gasteiger charge is 2.44. The van der Waals surface area contributed by atoms with Crippen LogP contribution in [0.1, 0.15) is 35.1 Å². The number of sulfonamides is 1. The smallest absolute Gasteiger partial charge is 0.471 e. The van der Waals surface area contributed by atoms with Crippen LogP contribution in [0, 0.1) is 0 Å².